The average Bonchev–Trinajstić information content (AvgIpc) is 3.51. The lowest BCUT2D eigenvalue weighted by atomic mass is 9.98. The van der Waals surface area contributed by atoms with Gasteiger partial charge in [0, 0.05) is 24.9 Å². The minimum absolute atomic E-state index is 0.0412. The van der Waals surface area contributed by atoms with Gasteiger partial charge in [-0.1, -0.05) is 97.1 Å². The SMILES string of the molecule is O=CCN(CCNC(=O)OCC1c2ccccc2-c2ccccc21)C(=O)OCC1c2ccccc2-c2ccccc21. The van der Waals surface area contributed by atoms with Gasteiger partial charge in [0.2, 0.25) is 0 Å². The summed E-state index contributed by atoms with van der Waals surface area (Å²) in [5, 5.41) is 2.70. The average molecular weight is 547 g/mol. The van der Waals surface area contributed by atoms with Crippen molar-refractivity contribution in [3.63, 3.8) is 0 Å². The summed E-state index contributed by atoms with van der Waals surface area (Å²) in [6.07, 6.45) is -0.534. The van der Waals surface area contributed by atoms with Gasteiger partial charge in [-0.3, -0.25) is 4.90 Å². The number of nitrogens with one attached hydrogen (secondary N) is 1. The Morgan fingerprint density at radius 3 is 1.51 bits per heavy atom. The largest absolute Gasteiger partial charge is 0.449 e. The van der Waals surface area contributed by atoms with Crippen LogP contribution in [0.25, 0.3) is 22.3 Å². The fourth-order valence-corrected chi connectivity index (χ4v) is 5.97. The number of amides is 2. The number of hydrogen-bond donors (Lipinski definition) is 1. The zero-order valence-electron chi connectivity index (χ0n) is 22.5. The van der Waals surface area contributed by atoms with E-state index < -0.39 is 12.2 Å². The number of carbonyl (C=O) groups excluding carboxylic acids is 3. The van der Waals surface area contributed by atoms with E-state index >= 15 is 0 Å². The van der Waals surface area contributed by atoms with Crippen LogP contribution in [-0.2, 0) is 14.3 Å². The van der Waals surface area contributed by atoms with Crippen LogP contribution < -0.4 is 5.32 Å². The van der Waals surface area contributed by atoms with Crippen molar-refractivity contribution < 1.29 is 23.9 Å². The molecule has 41 heavy (non-hydrogen) atoms. The molecular formula is C34H30N2O5. The Morgan fingerprint density at radius 1 is 0.659 bits per heavy atom. The molecule has 0 aliphatic heterocycles. The smallest absolute Gasteiger partial charge is 0.410 e. The van der Waals surface area contributed by atoms with E-state index in [1.807, 2.05) is 48.5 Å². The molecule has 4 aromatic carbocycles. The second-order valence-corrected chi connectivity index (χ2v) is 10.2. The number of aldehydes is 1. The Labute approximate surface area is 238 Å². The van der Waals surface area contributed by atoms with Crippen LogP contribution in [0.1, 0.15) is 34.1 Å². The normalized spacial score (nSPS) is 13.0. The van der Waals surface area contributed by atoms with Gasteiger partial charge in [0.15, 0.2) is 0 Å². The van der Waals surface area contributed by atoms with Crippen LogP contribution >= 0.6 is 0 Å². The molecule has 0 aromatic heterocycles. The first-order chi connectivity index (χ1) is 20.2. The summed E-state index contributed by atoms with van der Waals surface area (Å²) in [7, 11) is 0. The molecule has 0 unspecified atom stereocenters. The molecule has 1 N–H and O–H groups in total. The van der Waals surface area contributed by atoms with Gasteiger partial charge >= 0.3 is 12.2 Å². The first kappa shape index (κ1) is 26.3. The van der Waals surface area contributed by atoms with Crippen molar-refractivity contribution in [2.45, 2.75) is 11.8 Å². The minimum Gasteiger partial charge on any atom is -0.449 e. The lowest BCUT2D eigenvalue weighted by Gasteiger charge is -2.22. The molecule has 0 atom stereocenters. The molecule has 4 aromatic rings. The van der Waals surface area contributed by atoms with Crippen molar-refractivity contribution in [3.8, 4) is 22.3 Å². The second kappa shape index (κ2) is 11.7. The molecule has 0 spiro atoms. The molecule has 7 heteroatoms. The summed E-state index contributed by atoms with van der Waals surface area (Å²) < 4.78 is 11.2. The van der Waals surface area contributed by atoms with Crippen molar-refractivity contribution in [1.29, 1.82) is 0 Å². The molecule has 7 nitrogen and oxygen atoms in total. The summed E-state index contributed by atoms with van der Waals surface area (Å²) in [6, 6.07) is 32.5. The van der Waals surface area contributed by atoms with E-state index in [2.05, 4.69) is 53.8 Å². The van der Waals surface area contributed by atoms with Gasteiger partial charge in [0.1, 0.15) is 19.5 Å². The standard InChI is InChI=1S/C34H30N2O5/c37-20-19-36(34(39)41-22-32-29-15-7-3-11-25(29)26-12-4-8-16-30(26)32)18-17-35-33(38)40-21-31-27-13-5-1-9-23(27)24-10-2-6-14-28(24)31/h1-16,20,31-32H,17-19,21-22H2,(H,35,38). The fourth-order valence-electron chi connectivity index (χ4n) is 5.97. The summed E-state index contributed by atoms with van der Waals surface area (Å²) >= 11 is 0. The lowest BCUT2D eigenvalue weighted by Crippen LogP contribution is -2.40. The third kappa shape index (κ3) is 5.18. The molecule has 0 fully saturated rings. The number of fused-ring (bicyclic) bond motifs is 6. The van der Waals surface area contributed by atoms with Gasteiger partial charge in [0.05, 0.1) is 6.54 Å². The number of alkyl carbamates (subject to hydrolysis) is 1. The molecule has 0 heterocycles. The zero-order chi connectivity index (χ0) is 28.2. The highest BCUT2D eigenvalue weighted by molar-refractivity contribution is 5.80. The summed E-state index contributed by atoms with van der Waals surface area (Å²) in [5.74, 6) is -0.121. The van der Waals surface area contributed by atoms with E-state index in [0.717, 1.165) is 44.5 Å². The van der Waals surface area contributed by atoms with E-state index in [-0.39, 0.29) is 44.7 Å². The molecule has 2 aliphatic rings. The van der Waals surface area contributed by atoms with Crippen LogP contribution in [-0.4, -0.2) is 56.2 Å². The van der Waals surface area contributed by atoms with Crippen molar-refractivity contribution in [1.82, 2.24) is 10.2 Å². The molecule has 6 rings (SSSR count). The number of carbonyl (C=O) groups is 3. The van der Waals surface area contributed by atoms with Crippen LogP contribution in [0, 0.1) is 0 Å². The number of ether oxygens (including phenoxy) is 2. The van der Waals surface area contributed by atoms with Crippen molar-refractivity contribution >= 4 is 18.5 Å². The number of hydrogen-bond acceptors (Lipinski definition) is 5. The molecule has 0 saturated carbocycles. The van der Waals surface area contributed by atoms with Crippen LogP contribution in [0.5, 0.6) is 0 Å². The van der Waals surface area contributed by atoms with E-state index in [1.165, 1.54) is 4.90 Å². The van der Waals surface area contributed by atoms with E-state index in [4.69, 9.17) is 9.47 Å². The van der Waals surface area contributed by atoms with Gasteiger partial charge in [-0.05, 0) is 44.5 Å². The maximum atomic E-state index is 12.9. The van der Waals surface area contributed by atoms with Crippen molar-refractivity contribution in [2.75, 3.05) is 32.8 Å². The van der Waals surface area contributed by atoms with Crippen LogP contribution in [0.15, 0.2) is 97.1 Å². The molecule has 2 aliphatic carbocycles. The molecule has 2 amide bonds. The Morgan fingerprint density at radius 2 is 1.07 bits per heavy atom. The van der Waals surface area contributed by atoms with Gasteiger partial charge < -0.3 is 19.6 Å². The van der Waals surface area contributed by atoms with Gasteiger partial charge in [0.25, 0.3) is 0 Å². The highest BCUT2D eigenvalue weighted by Gasteiger charge is 2.30. The monoisotopic (exact) mass is 546 g/mol. The third-order valence-electron chi connectivity index (χ3n) is 7.88. The Balaban J connectivity index is 1.02. The van der Waals surface area contributed by atoms with Gasteiger partial charge in [-0.25, -0.2) is 9.59 Å². The first-order valence-electron chi connectivity index (χ1n) is 13.8. The zero-order valence-corrected chi connectivity index (χ0v) is 22.5. The number of benzene rings is 4. The minimum atomic E-state index is -0.603. The van der Waals surface area contributed by atoms with E-state index in [9.17, 15) is 14.4 Å². The van der Waals surface area contributed by atoms with E-state index in [0.29, 0.717) is 6.29 Å². The second-order valence-electron chi connectivity index (χ2n) is 10.2. The summed E-state index contributed by atoms with van der Waals surface area (Å²) in [6.45, 7) is 0.448. The molecule has 0 saturated heterocycles. The van der Waals surface area contributed by atoms with Crippen LogP contribution in [0.4, 0.5) is 9.59 Å². The Hall–Kier alpha value is -4.91. The van der Waals surface area contributed by atoms with E-state index in [1.54, 1.807) is 0 Å². The maximum absolute atomic E-state index is 12.9. The predicted octanol–water partition coefficient (Wildman–Crippen LogP) is 5.98. The Bertz CT molecular complexity index is 1510. The fraction of sp³-hybridized carbons (Fsp3) is 0.206. The lowest BCUT2D eigenvalue weighted by molar-refractivity contribution is -0.108. The number of nitrogens with zero attached hydrogens (tertiary/aromatic N) is 1. The highest BCUT2D eigenvalue weighted by Crippen LogP contribution is 2.45. The van der Waals surface area contributed by atoms with Crippen LogP contribution in [0.2, 0.25) is 0 Å². The Kier molecular flexibility index (Phi) is 7.50. The van der Waals surface area contributed by atoms with Crippen molar-refractivity contribution in [3.05, 3.63) is 119 Å². The highest BCUT2D eigenvalue weighted by atomic mass is 16.6. The van der Waals surface area contributed by atoms with Gasteiger partial charge in [-0.2, -0.15) is 0 Å². The maximum Gasteiger partial charge on any atom is 0.410 e. The third-order valence-corrected chi connectivity index (χ3v) is 7.88. The topological polar surface area (TPSA) is 84.9 Å². The first-order valence-corrected chi connectivity index (χ1v) is 13.8. The quantitative estimate of drug-likeness (QED) is 0.261. The summed E-state index contributed by atoms with van der Waals surface area (Å²) in [4.78, 5) is 38.0. The molecular weight excluding hydrogens is 516 g/mol. The summed E-state index contributed by atoms with van der Waals surface area (Å²) in [5.41, 5.74) is 9.08. The van der Waals surface area contributed by atoms with Crippen molar-refractivity contribution in [2.24, 2.45) is 0 Å². The molecule has 206 valence electrons. The molecule has 0 bridgehead atoms. The number of rotatable bonds is 9. The van der Waals surface area contributed by atoms with Crippen LogP contribution in [0.3, 0.4) is 0 Å². The van der Waals surface area contributed by atoms with Gasteiger partial charge in [-0.15, -0.1) is 0 Å². The predicted molar refractivity (Wildman–Crippen MR) is 156 cm³/mol. The molecule has 0 radical (unpaired) electrons.